The summed E-state index contributed by atoms with van der Waals surface area (Å²) in [5, 5.41) is 1.18. The molecule has 1 fully saturated rings. The number of methoxy groups -OCH3 is 1. The van der Waals surface area contributed by atoms with Crippen molar-refractivity contribution in [2.24, 2.45) is 0 Å². The molecule has 0 bridgehead atoms. The van der Waals surface area contributed by atoms with E-state index in [9.17, 15) is 4.79 Å². The van der Waals surface area contributed by atoms with Crippen LogP contribution in [0, 0.1) is 13.8 Å². The molecule has 0 aliphatic carbocycles. The van der Waals surface area contributed by atoms with E-state index in [0.717, 1.165) is 48.6 Å². The van der Waals surface area contributed by atoms with E-state index in [0.29, 0.717) is 28.0 Å². The number of morpholine rings is 1. The van der Waals surface area contributed by atoms with Gasteiger partial charge in [-0.3, -0.25) is 14.6 Å². The molecule has 0 saturated carbocycles. The molecule has 1 aliphatic heterocycles. The number of nitrogens with zero attached hydrogens (tertiary/aromatic N) is 3. The van der Waals surface area contributed by atoms with E-state index in [1.165, 1.54) is 16.9 Å². The van der Waals surface area contributed by atoms with Gasteiger partial charge in [-0.1, -0.05) is 29.0 Å². The minimum atomic E-state index is -0.166. The van der Waals surface area contributed by atoms with E-state index >= 15 is 0 Å². The third-order valence-electron chi connectivity index (χ3n) is 5.69. The first kappa shape index (κ1) is 22.0. The number of hydrogen-bond acceptors (Lipinski definition) is 6. The molecular formula is C23H26ClN3O3S. The van der Waals surface area contributed by atoms with Crippen molar-refractivity contribution < 1.29 is 14.3 Å². The quantitative estimate of drug-likeness (QED) is 0.541. The van der Waals surface area contributed by atoms with Gasteiger partial charge in [0, 0.05) is 31.2 Å². The average molecular weight is 460 g/mol. The minimum absolute atomic E-state index is 0.166. The molecule has 6 nitrogen and oxygen atoms in total. The fraction of sp³-hybridized carbons (Fsp3) is 0.391. The SMILES string of the molecule is COc1ccc(Cl)cc1C(=O)N(CCN1CCOCC1)c1nc2c(C)c(C)ccc2s1. The summed E-state index contributed by atoms with van der Waals surface area (Å²) in [4.78, 5) is 22.6. The Balaban J connectivity index is 1.71. The van der Waals surface area contributed by atoms with Crippen LogP contribution in [0.1, 0.15) is 21.5 Å². The van der Waals surface area contributed by atoms with E-state index < -0.39 is 0 Å². The van der Waals surface area contributed by atoms with Crippen molar-refractivity contribution in [3.05, 3.63) is 52.0 Å². The van der Waals surface area contributed by atoms with Gasteiger partial charge in [0.25, 0.3) is 5.91 Å². The summed E-state index contributed by atoms with van der Waals surface area (Å²) in [5.41, 5.74) is 3.71. The lowest BCUT2D eigenvalue weighted by Crippen LogP contribution is -2.43. The van der Waals surface area contributed by atoms with Crippen LogP contribution >= 0.6 is 22.9 Å². The van der Waals surface area contributed by atoms with Crippen LogP contribution < -0.4 is 9.64 Å². The van der Waals surface area contributed by atoms with Gasteiger partial charge in [0.2, 0.25) is 0 Å². The Kier molecular flexibility index (Phi) is 6.77. The topological polar surface area (TPSA) is 54.9 Å². The second-order valence-corrected chi connectivity index (χ2v) is 9.05. The summed E-state index contributed by atoms with van der Waals surface area (Å²) >= 11 is 7.74. The van der Waals surface area contributed by atoms with Crippen molar-refractivity contribution in [1.82, 2.24) is 9.88 Å². The number of hydrogen-bond donors (Lipinski definition) is 0. The highest BCUT2D eigenvalue weighted by molar-refractivity contribution is 7.22. The maximum atomic E-state index is 13.7. The van der Waals surface area contributed by atoms with Crippen LogP contribution in [-0.2, 0) is 4.74 Å². The number of ether oxygens (including phenoxy) is 2. The monoisotopic (exact) mass is 459 g/mol. The number of aryl methyl sites for hydroxylation is 2. The first-order valence-electron chi connectivity index (χ1n) is 10.3. The lowest BCUT2D eigenvalue weighted by Gasteiger charge is -2.29. The second-order valence-electron chi connectivity index (χ2n) is 7.61. The Hall–Kier alpha value is -2.19. The number of thiazole rings is 1. The summed E-state index contributed by atoms with van der Waals surface area (Å²) < 4.78 is 12.0. The highest BCUT2D eigenvalue weighted by atomic mass is 35.5. The number of rotatable bonds is 6. The minimum Gasteiger partial charge on any atom is -0.496 e. The largest absolute Gasteiger partial charge is 0.496 e. The molecule has 8 heteroatoms. The maximum absolute atomic E-state index is 13.7. The van der Waals surface area contributed by atoms with Gasteiger partial charge in [-0.15, -0.1) is 0 Å². The molecule has 0 unspecified atom stereocenters. The third kappa shape index (κ3) is 4.70. The lowest BCUT2D eigenvalue weighted by molar-refractivity contribution is 0.0391. The standard InChI is InChI=1S/C23H26ClN3O3S/c1-15-4-7-20-21(16(15)2)25-23(31-20)27(9-8-26-10-12-30-13-11-26)22(28)18-14-17(24)5-6-19(18)29-3/h4-7,14H,8-13H2,1-3H3. The Labute approximate surface area is 191 Å². The van der Waals surface area contributed by atoms with Gasteiger partial charge in [0.1, 0.15) is 5.75 Å². The number of amides is 1. The van der Waals surface area contributed by atoms with Crippen molar-refractivity contribution in [2.75, 3.05) is 51.4 Å². The zero-order valence-electron chi connectivity index (χ0n) is 18.0. The predicted molar refractivity (Wildman–Crippen MR) is 126 cm³/mol. The van der Waals surface area contributed by atoms with Crippen molar-refractivity contribution in [2.45, 2.75) is 13.8 Å². The summed E-state index contributed by atoms with van der Waals surface area (Å²) in [5.74, 6) is 0.333. The molecule has 3 aromatic rings. The molecule has 1 saturated heterocycles. The number of benzene rings is 2. The molecule has 0 spiro atoms. The van der Waals surface area contributed by atoms with E-state index in [4.69, 9.17) is 26.1 Å². The molecule has 2 aromatic carbocycles. The van der Waals surface area contributed by atoms with Crippen LogP contribution in [0.4, 0.5) is 5.13 Å². The fourth-order valence-electron chi connectivity index (χ4n) is 3.67. The van der Waals surface area contributed by atoms with Gasteiger partial charge < -0.3 is 9.47 Å². The molecule has 4 rings (SSSR count). The van der Waals surface area contributed by atoms with Gasteiger partial charge in [-0.05, 0) is 49.2 Å². The lowest BCUT2D eigenvalue weighted by atomic mass is 10.1. The molecule has 31 heavy (non-hydrogen) atoms. The van der Waals surface area contributed by atoms with Crippen molar-refractivity contribution in [3.8, 4) is 5.75 Å². The molecular weight excluding hydrogens is 434 g/mol. The summed E-state index contributed by atoms with van der Waals surface area (Å²) in [6, 6.07) is 9.27. The molecule has 164 valence electrons. The zero-order chi connectivity index (χ0) is 22.0. The number of fused-ring (bicyclic) bond motifs is 1. The number of anilines is 1. The summed E-state index contributed by atoms with van der Waals surface area (Å²) in [7, 11) is 1.56. The number of halogens is 1. The van der Waals surface area contributed by atoms with Gasteiger partial charge in [-0.2, -0.15) is 0 Å². The van der Waals surface area contributed by atoms with E-state index in [1.54, 1.807) is 30.2 Å². The maximum Gasteiger partial charge on any atom is 0.263 e. The van der Waals surface area contributed by atoms with Crippen LogP contribution in [-0.4, -0.2) is 62.3 Å². The number of carbonyl (C=O) groups excluding carboxylic acids is 1. The van der Waals surface area contributed by atoms with Crippen LogP contribution in [0.3, 0.4) is 0 Å². The molecule has 0 radical (unpaired) electrons. The Morgan fingerprint density at radius 2 is 2.03 bits per heavy atom. The molecule has 1 aliphatic rings. The second kappa shape index (κ2) is 9.53. The third-order valence-corrected chi connectivity index (χ3v) is 6.96. The first-order valence-corrected chi connectivity index (χ1v) is 11.5. The van der Waals surface area contributed by atoms with E-state index in [2.05, 4.69) is 30.9 Å². The zero-order valence-corrected chi connectivity index (χ0v) is 19.6. The predicted octanol–water partition coefficient (Wildman–Crippen LogP) is 4.55. The molecule has 0 atom stereocenters. The molecule has 1 amide bonds. The Bertz CT molecular complexity index is 1100. The Morgan fingerprint density at radius 1 is 1.26 bits per heavy atom. The number of carbonyl (C=O) groups is 1. The van der Waals surface area contributed by atoms with Crippen LogP contribution in [0.15, 0.2) is 30.3 Å². The number of aromatic nitrogens is 1. The van der Waals surface area contributed by atoms with Gasteiger partial charge in [0.05, 0.1) is 36.1 Å². The highest BCUT2D eigenvalue weighted by Gasteiger charge is 2.26. The van der Waals surface area contributed by atoms with Gasteiger partial charge in [-0.25, -0.2) is 4.98 Å². The van der Waals surface area contributed by atoms with Crippen molar-refractivity contribution in [3.63, 3.8) is 0 Å². The van der Waals surface area contributed by atoms with E-state index in [-0.39, 0.29) is 5.91 Å². The Morgan fingerprint density at radius 3 is 2.77 bits per heavy atom. The van der Waals surface area contributed by atoms with Gasteiger partial charge in [0.15, 0.2) is 5.13 Å². The van der Waals surface area contributed by atoms with Crippen molar-refractivity contribution >= 4 is 44.2 Å². The smallest absolute Gasteiger partial charge is 0.263 e. The molecule has 0 N–H and O–H groups in total. The van der Waals surface area contributed by atoms with Gasteiger partial charge >= 0.3 is 0 Å². The fourth-order valence-corrected chi connectivity index (χ4v) is 4.89. The van der Waals surface area contributed by atoms with Crippen LogP contribution in [0.25, 0.3) is 10.2 Å². The highest BCUT2D eigenvalue weighted by Crippen LogP contribution is 2.34. The van der Waals surface area contributed by atoms with Crippen LogP contribution in [0.2, 0.25) is 5.02 Å². The molecule has 2 heterocycles. The molecule has 1 aromatic heterocycles. The summed E-state index contributed by atoms with van der Waals surface area (Å²) in [6.07, 6.45) is 0. The van der Waals surface area contributed by atoms with Crippen molar-refractivity contribution in [1.29, 1.82) is 0 Å². The summed E-state index contributed by atoms with van der Waals surface area (Å²) in [6.45, 7) is 8.57. The first-order chi connectivity index (χ1) is 15.0. The van der Waals surface area contributed by atoms with E-state index in [1.807, 2.05) is 0 Å². The van der Waals surface area contributed by atoms with Crippen LogP contribution in [0.5, 0.6) is 5.75 Å². The average Bonchev–Trinajstić information content (AvgIpc) is 3.22. The normalized spacial score (nSPS) is 14.7.